The molecule has 4 nitrogen and oxygen atoms in total. The summed E-state index contributed by atoms with van der Waals surface area (Å²) in [5, 5.41) is 12.5. The number of aromatic nitrogens is 3. The largest absolute Gasteiger partial charge is 0.507 e. The molecule has 0 aliphatic heterocycles. The lowest BCUT2D eigenvalue weighted by Gasteiger charge is -2.40. The maximum atomic E-state index is 12.5. The summed E-state index contributed by atoms with van der Waals surface area (Å²) in [5.41, 5.74) is 17.4. The summed E-state index contributed by atoms with van der Waals surface area (Å²) in [5.74, 6) is -1.72. The monoisotopic (exact) mass is 928 g/mol. The van der Waals surface area contributed by atoms with E-state index in [1.165, 1.54) is 16.7 Å². The summed E-state index contributed by atoms with van der Waals surface area (Å²) < 4.78 is 20.7. The van der Waals surface area contributed by atoms with Gasteiger partial charge in [-0.3, -0.25) is 9.55 Å². The second-order valence-electron chi connectivity index (χ2n) is 20.9. The van der Waals surface area contributed by atoms with Crippen LogP contribution >= 0.6 is 0 Å². The molecule has 71 heavy (non-hydrogen) atoms. The highest BCUT2D eigenvalue weighted by Crippen LogP contribution is 2.47. The third-order valence-corrected chi connectivity index (χ3v) is 14.8. The van der Waals surface area contributed by atoms with Gasteiger partial charge in [0.05, 0.1) is 28.0 Å². The summed E-state index contributed by atoms with van der Waals surface area (Å²) >= 11 is 0. The lowest BCUT2D eigenvalue weighted by molar-refractivity contribution is 0.225. The first-order chi connectivity index (χ1) is 34.8. The van der Waals surface area contributed by atoms with Crippen LogP contribution in [0, 0.1) is 5.41 Å². The van der Waals surface area contributed by atoms with Crippen molar-refractivity contribution in [3.05, 3.63) is 217 Å². The minimum Gasteiger partial charge on any atom is -0.507 e. The van der Waals surface area contributed by atoms with Gasteiger partial charge in [0, 0.05) is 25.6 Å². The number of hydrogen-bond donors (Lipinski definition) is 1. The highest BCUT2D eigenvalue weighted by molar-refractivity contribution is 5.98. The van der Waals surface area contributed by atoms with Crippen LogP contribution in [0.1, 0.15) is 93.5 Å². The number of hydrogen-bond acceptors (Lipinski definition) is 3. The van der Waals surface area contributed by atoms with Crippen molar-refractivity contribution in [2.75, 3.05) is 0 Å². The van der Waals surface area contributed by atoms with E-state index >= 15 is 0 Å². The molecular formula is C67H63N3O. The third-order valence-electron chi connectivity index (χ3n) is 14.8. The van der Waals surface area contributed by atoms with Crippen LogP contribution in [-0.4, -0.2) is 19.6 Å². The highest BCUT2D eigenvalue weighted by atomic mass is 16.3. The summed E-state index contributed by atoms with van der Waals surface area (Å²) in [4.78, 5) is 10.6. The fraction of sp³-hybridized carbons (Fsp3) is 0.194. The zero-order valence-corrected chi connectivity index (χ0v) is 42.3. The molecule has 0 amide bonds. The van der Waals surface area contributed by atoms with E-state index in [0.29, 0.717) is 22.5 Å². The van der Waals surface area contributed by atoms with Crippen LogP contribution in [0.5, 0.6) is 5.75 Å². The Labute approximate surface area is 423 Å². The molecule has 352 valence electrons. The smallest absolute Gasteiger partial charge is 0.149 e. The average Bonchev–Trinajstić information content (AvgIpc) is 3.77. The van der Waals surface area contributed by atoms with Crippen LogP contribution in [0.3, 0.4) is 0 Å². The molecule has 0 unspecified atom stereocenters. The number of rotatable bonds is 11. The number of aromatic hydroxyl groups is 1. The molecule has 2 heterocycles. The number of pyridine rings is 1. The van der Waals surface area contributed by atoms with Crippen molar-refractivity contribution in [3.63, 3.8) is 0 Å². The van der Waals surface area contributed by atoms with Crippen LogP contribution in [0.15, 0.2) is 200 Å². The Balaban J connectivity index is 1.23. The van der Waals surface area contributed by atoms with E-state index in [1.807, 2.05) is 50.4 Å². The zero-order valence-electron chi connectivity index (χ0n) is 44.3. The maximum Gasteiger partial charge on any atom is 0.149 e. The number of benzene rings is 8. The van der Waals surface area contributed by atoms with Crippen LogP contribution in [0.4, 0.5) is 0 Å². The standard InChI is InChI=1S/C67H63N3O/c1-43(2)51-39-57(44(3)4)64(71)59(40-51)65-69-63-56(26-19-27-62(63)70(65)61-33-32-55(67(8,9)66(5,6)7)42-58(61)49-24-17-12-18-25-49)53-36-52(46-22-15-11-16-23-46)37-54(38-53)60-41-50(34-35-68-60)48-30-28-47(29-31-48)45-20-13-10-14-21-45/h10-44,71H,1-9H3/i43D,44D. The van der Waals surface area contributed by atoms with E-state index in [4.69, 9.17) is 9.97 Å². The second kappa shape index (κ2) is 18.8. The predicted octanol–water partition coefficient (Wildman–Crippen LogP) is 18.4. The number of imidazole rings is 1. The first-order valence-electron chi connectivity index (χ1n) is 25.7. The Morgan fingerprint density at radius 1 is 0.479 bits per heavy atom. The van der Waals surface area contributed by atoms with Crippen molar-refractivity contribution in [2.24, 2.45) is 5.41 Å². The van der Waals surface area contributed by atoms with Crippen molar-refractivity contribution < 1.29 is 7.85 Å². The quantitative estimate of drug-likeness (QED) is 0.141. The number of nitrogens with zero attached hydrogens (tertiary/aromatic N) is 3. The number of para-hydroxylation sites is 1. The average molecular weight is 928 g/mol. The van der Waals surface area contributed by atoms with Gasteiger partial charge in [0.15, 0.2) is 0 Å². The molecule has 0 bridgehead atoms. The SMILES string of the molecule is [2H]C(C)(C)c1cc(-c2nc3c(-c4cc(-c5ccccc5)cc(-c5cc(-c6ccc(-c7ccccc7)cc6)ccn5)c4)cccc3n2-c2ccc(C(C)(C)C(C)(C)C)cc2-c2ccccc2)c(O)c(C([2H])(C)C)c1. The topological polar surface area (TPSA) is 50.9 Å². The van der Waals surface area contributed by atoms with Gasteiger partial charge in [0.25, 0.3) is 0 Å². The van der Waals surface area contributed by atoms with Crippen molar-refractivity contribution in [1.82, 2.24) is 14.5 Å². The van der Waals surface area contributed by atoms with E-state index in [-0.39, 0.29) is 16.6 Å². The Morgan fingerprint density at radius 3 is 1.68 bits per heavy atom. The van der Waals surface area contributed by atoms with Crippen molar-refractivity contribution >= 4 is 11.0 Å². The summed E-state index contributed by atoms with van der Waals surface area (Å²) in [6.45, 7) is 18.7. The van der Waals surface area contributed by atoms with Crippen molar-refractivity contribution in [2.45, 2.75) is 79.5 Å². The number of phenolic OH excluding ortho intramolecular Hbond substituents is 1. The van der Waals surface area contributed by atoms with E-state index in [0.717, 1.165) is 72.5 Å². The lowest BCUT2D eigenvalue weighted by atomic mass is 9.65. The van der Waals surface area contributed by atoms with Gasteiger partial charge in [-0.15, -0.1) is 0 Å². The third kappa shape index (κ3) is 9.00. The van der Waals surface area contributed by atoms with E-state index in [9.17, 15) is 7.85 Å². The van der Waals surface area contributed by atoms with Gasteiger partial charge in [0.1, 0.15) is 11.6 Å². The Kier molecular flexibility index (Phi) is 11.8. The number of phenols is 1. The first kappa shape index (κ1) is 44.4. The summed E-state index contributed by atoms with van der Waals surface area (Å²) in [6.07, 6.45) is 1.89. The molecule has 0 aliphatic rings. The first-order valence-corrected chi connectivity index (χ1v) is 24.7. The molecule has 0 radical (unpaired) electrons. The molecular weight excluding hydrogens is 863 g/mol. The molecule has 4 heteroatoms. The molecule has 0 spiro atoms. The van der Waals surface area contributed by atoms with Gasteiger partial charge in [-0.1, -0.05) is 202 Å². The van der Waals surface area contributed by atoms with Gasteiger partial charge >= 0.3 is 0 Å². The molecule has 0 aliphatic carbocycles. The van der Waals surface area contributed by atoms with Crippen LogP contribution < -0.4 is 0 Å². The van der Waals surface area contributed by atoms with Gasteiger partial charge < -0.3 is 5.11 Å². The van der Waals surface area contributed by atoms with Crippen molar-refractivity contribution in [1.29, 1.82) is 0 Å². The normalized spacial score (nSPS) is 12.7. The molecule has 0 fully saturated rings. The van der Waals surface area contributed by atoms with Gasteiger partial charge in [-0.05, 0) is 138 Å². The van der Waals surface area contributed by atoms with Crippen molar-refractivity contribution in [3.8, 4) is 89.7 Å². The van der Waals surface area contributed by atoms with Gasteiger partial charge in [0.2, 0.25) is 0 Å². The second-order valence-corrected chi connectivity index (χ2v) is 20.9. The molecule has 10 aromatic rings. The van der Waals surface area contributed by atoms with Crippen LogP contribution in [0.25, 0.3) is 95.0 Å². The fourth-order valence-corrected chi connectivity index (χ4v) is 9.62. The minimum absolute atomic E-state index is 0.0214. The predicted molar refractivity (Wildman–Crippen MR) is 299 cm³/mol. The molecule has 8 aromatic carbocycles. The Bertz CT molecular complexity index is 3630. The Hall–Kier alpha value is -7.82. The highest BCUT2D eigenvalue weighted by Gasteiger charge is 2.35. The van der Waals surface area contributed by atoms with E-state index in [1.54, 1.807) is 13.8 Å². The van der Waals surface area contributed by atoms with Gasteiger partial charge in [-0.25, -0.2) is 4.98 Å². The zero-order chi connectivity index (χ0) is 51.5. The van der Waals surface area contributed by atoms with E-state index in [2.05, 4.69) is 203 Å². The summed E-state index contributed by atoms with van der Waals surface area (Å²) in [7, 11) is 0. The molecule has 0 atom stereocenters. The summed E-state index contributed by atoms with van der Waals surface area (Å²) in [6, 6.07) is 67.8. The van der Waals surface area contributed by atoms with Crippen LogP contribution in [0.2, 0.25) is 0 Å². The van der Waals surface area contributed by atoms with Crippen LogP contribution in [-0.2, 0) is 5.41 Å². The molecule has 1 N–H and O–H groups in total. The Morgan fingerprint density at radius 2 is 1.06 bits per heavy atom. The van der Waals surface area contributed by atoms with Gasteiger partial charge in [-0.2, -0.15) is 0 Å². The minimum atomic E-state index is -1.18. The fourth-order valence-electron chi connectivity index (χ4n) is 9.62. The van der Waals surface area contributed by atoms with E-state index < -0.39 is 11.8 Å². The molecule has 0 saturated carbocycles. The molecule has 10 rings (SSSR count). The maximum absolute atomic E-state index is 12.5. The lowest BCUT2D eigenvalue weighted by Crippen LogP contribution is -2.34. The number of fused-ring (bicyclic) bond motifs is 1. The molecule has 2 aromatic heterocycles. The molecule has 0 saturated heterocycles.